The molecule has 33 heavy (non-hydrogen) atoms. The summed E-state index contributed by atoms with van der Waals surface area (Å²) >= 11 is 0. The van der Waals surface area contributed by atoms with Crippen molar-refractivity contribution in [1.82, 2.24) is 4.90 Å². The van der Waals surface area contributed by atoms with Gasteiger partial charge in [-0.05, 0) is 42.2 Å². The van der Waals surface area contributed by atoms with Gasteiger partial charge in [-0.1, -0.05) is 12.1 Å². The summed E-state index contributed by atoms with van der Waals surface area (Å²) in [4.78, 5) is 26.5. The van der Waals surface area contributed by atoms with Crippen LogP contribution in [-0.4, -0.2) is 56.7 Å². The quantitative estimate of drug-likeness (QED) is 0.571. The van der Waals surface area contributed by atoms with Crippen molar-refractivity contribution in [2.24, 2.45) is 5.92 Å². The van der Waals surface area contributed by atoms with E-state index in [-0.39, 0.29) is 24.3 Å². The molecule has 1 aliphatic rings. The van der Waals surface area contributed by atoms with Gasteiger partial charge in [0.05, 0.1) is 44.5 Å². The Kier molecular flexibility index (Phi) is 7.26. The lowest BCUT2D eigenvalue weighted by Gasteiger charge is -2.23. The molecule has 1 saturated heterocycles. The topological polar surface area (TPSA) is 93.0 Å². The molecule has 2 heterocycles. The molecule has 1 aliphatic heterocycles. The number of nitrogens with zero attached hydrogens (tertiary/aromatic N) is 1. The molecular formula is C25H29N3O5. The first kappa shape index (κ1) is 22.8. The van der Waals surface area contributed by atoms with Gasteiger partial charge in [-0.3, -0.25) is 14.5 Å². The number of nitrogens with one attached hydrogen (secondary N) is 2. The predicted octanol–water partition coefficient (Wildman–Crippen LogP) is 3.53. The second-order valence-corrected chi connectivity index (χ2v) is 8.27. The number of carbonyl (C=O) groups is 2. The van der Waals surface area contributed by atoms with Gasteiger partial charge in [0.2, 0.25) is 11.8 Å². The first-order valence-electron chi connectivity index (χ1n) is 11.0. The predicted molar refractivity (Wildman–Crippen MR) is 127 cm³/mol. The third kappa shape index (κ3) is 5.91. The Morgan fingerprint density at radius 3 is 2.85 bits per heavy atom. The summed E-state index contributed by atoms with van der Waals surface area (Å²) in [5.41, 5.74) is 3.13. The Morgan fingerprint density at radius 2 is 2.03 bits per heavy atom. The van der Waals surface area contributed by atoms with Crippen molar-refractivity contribution in [3.63, 3.8) is 0 Å². The third-order valence-electron chi connectivity index (χ3n) is 5.70. The molecule has 1 fully saturated rings. The highest BCUT2D eigenvalue weighted by Gasteiger charge is 2.22. The minimum absolute atomic E-state index is 0.160. The second kappa shape index (κ2) is 10.5. The molecule has 1 unspecified atom stereocenters. The van der Waals surface area contributed by atoms with Gasteiger partial charge < -0.3 is 24.5 Å². The van der Waals surface area contributed by atoms with Crippen LogP contribution in [0.2, 0.25) is 0 Å². The number of hydrogen-bond acceptors (Lipinski definition) is 6. The van der Waals surface area contributed by atoms with Crippen molar-refractivity contribution in [3.05, 3.63) is 54.3 Å². The summed E-state index contributed by atoms with van der Waals surface area (Å²) in [5.74, 6) is 0.479. The van der Waals surface area contributed by atoms with Gasteiger partial charge in [0.25, 0.3) is 0 Å². The van der Waals surface area contributed by atoms with Crippen molar-refractivity contribution in [1.29, 1.82) is 0 Å². The summed E-state index contributed by atoms with van der Waals surface area (Å²) in [6, 6.07) is 13.2. The van der Waals surface area contributed by atoms with Gasteiger partial charge in [0, 0.05) is 31.5 Å². The highest BCUT2D eigenvalue weighted by Crippen LogP contribution is 2.27. The van der Waals surface area contributed by atoms with E-state index in [2.05, 4.69) is 21.6 Å². The fourth-order valence-electron chi connectivity index (χ4n) is 4.21. The molecule has 2 N–H and O–H groups in total. The summed E-state index contributed by atoms with van der Waals surface area (Å²) in [6.45, 7) is 4.31. The first-order valence-corrected chi connectivity index (χ1v) is 11.0. The van der Waals surface area contributed by atoms with Crippen molar-refractivity contribution in [2.45, 2.75) is 13.3 Å². The number of amides is 2. The van der Waals surface area contributed by atoms with Gasteiger partial charge in [-0.2, -0.15) is 0 Å². The molecule has 1 atom stereocenters. The van der Waals surface area contributed by atoms with E-state index >= 15 is 0 Å². The molecule has 2 aromatic carbocycles. The molecule has 0 saturated carbocycles. The lowest BCUT2D eigenvalue weighted by Crippen LogP contribution is -2.37. The first-order chi connectivity index (χ1) is 16.0. The normalized spacial score (nSPS) is 16.8. The van der Waals surface area contributed by atoms with Crippen LogP contribution in [0.25, 0.3) is 11.0 Å². The van der Waals surface area contributed by atoms with E-state index in [4.69, 9.17) is 13.9 Å². The van der Waals surface area contributed by atoms with Crippen LogP contribution >= 0.6 is 0 Å². The minimum Gasteiger partial charge on any atom is -0.497 e. The maximum absolute atomic E-state index is 12.9. The molecule has 174 valence electrons. The SMILES string of the molecule is COc1ccc(NC(C)=O)c(NC(=O)CN2CCOCC(Cc3cccc4occc34)C2)c1. The van der Waals surface area contributed by atoms with Crippen molar-refractivity contribution in [2.75, 3.05) is 50.6 Å². The van der Waals surface area contributed by atoms with Gasteiger partial charge in [-0.25, -0.2) is 0 Å². The lowest BCUT2D eigenvalue weighted by molar-refractivity contribution is -0.117. The molecule has 0 aliphatic carbocycles. The van der Waals surface area contributed by atoms with Gasteiger partial charge >= 0.3 is 0 Å². The average molecular weight is 452 g/mol. The minimum atomic E-state index is -0.212. The van der Waals surface area contributed by atoms with Crippen LogP contribution in [0.3, 0.4) is 0 Å². The van der Waals surface area contributed by atoms with Crippen LogP contribution in [0.15, 0.2) is 53.1 Å². The van der Waals surface area contributed by atoms with E-state index in [1.165, 1.54) is 12.5 Å². The van der Waals surface area contributed by atoms with Crippen molar-refractivity contribution in [3.8, 4) is 5.75 Å². The Bertz CT molecular complexity index is 1130. The lowest BCUT2D eigenvalue weighted by atomic mass is 9.97. The number of furan rings is 1. The molecule has 0 bridgehead atoms. The number of benzene rings is 2. The van der Waals surface area contributed by atoms with Crippen LogP contribution in [-0.2, 0) is 20.7 Å². The number of anilines is 2. The van der Waals surface area contributed by atoms with E-state index < -0.39 is 0 Å². The molecule has 8 nitrogen and oxygen atoms in total. The van der Waals surface area contributed by atoms with Crippen LogP contribution in [0.5, 0.6) is 5.75 Å². The van der Waals surface area contributed by atoms with Gasteiger partial charge in [0.15, 0.2) is 0 Å². The van der Waals surface area contributed by atoms with E-state index in [1.807, 2.05) is 18.2 Å². The maximum Gasteiger partial charge on any atom is 0.238 e. The summed E-state index contributed by atoms with van der Waals surface area (Å²) in [7, 11) is 1.56. The van der Waals surface area contributed by atoms with Crippen molar-refractivity contribution < 1.29 is 23.5 Å². The van der Waals surface area contributed by atoms with Gasteiger partial charge in [-0.15, -0.1) is 0 Å². The average Bonchev–Trinajstić information content (AvgIpc) is 3.17. The summed E-state index contributed by atoms with van der Waals surface area (Å²) in [5, 5.41) is 6.77. The van der Waals surface area contributed by atoms with E-state index in [0.717, 1.165) is 23.9 Å². The fourth-order valence-corrected chi connectivity index (χ4v) is 4.21. The van der Waals surface area contributed by atoms with Crippen LogP contribution in [0, 0.1) is 5.92 Å². The highest BCUT2D eigenvalue weighted by molar-refractivity contribution is 5.99. The van der Waals surface area contributed by atoms with Crippen LogP contribution < -0.4 is 15.4 Å². The summed E-state index contributed by atoms with van der Waals surface area (Å²) < 4.78 is 16.6. The fraction of sp³-hybridized carbons (Fsp3) is 0.360. The summed E-state index contributed by atoms with van der Waals surface area (Å²) in [6.07, 6.45) is 2.56. The number of fused-ring (bicyclic) bond motifs is 1. The zero-order valence-corrected chi connectivity index (χ0v) is 18.9. The molecule has 4 rings (SSSR count). The smallest absolute Gasteiger partial charge is 0.238 e. The molecule has 2 amide bonds. The molecular weight excluding hydrogens is 422 g/mol. The molecule has 3 aromatic rings. The molecule has 0 spiro atoms. The third-order valence-corrected chi connectivity index (χ3v) is 5.70. The largest absolute Gasteiger partial charge is 0.497 e. The monoisotopic (exact) mass is 451 g/mol. The molecule has 0 radical (unpaired) electrons. The maximum atomic E-state index is 12.9. The van der Waals surface area contributed by atoms with Gasteiger partial charge in [0.1, 0.15) is 11.3 Å². The van der Waals surface area contributed by atoms with Crippen LogP contribution in [0.4, 0.5) is 11.4 Å². The molecule has 1 aromatic heterocycles. The number of ether oxygens (including phenoxy) is 2. The Labute approximate surface area is 192 Å². The Hall–Kier alpha value is -3.36. The van der Waals surface area contributed by atoms with Crippen molar-refractivity contribution >= 4 is 34.2 Å². The standard InChI is InChI=1S/C25H29N3O5/c1-17(29)26-22-7-6-20(31-2)13-23(22)27-25(30)15-28-9-11-32-16-18(14-28)12-19-4-3-5-24-21(19)8-10-33-24/h3-8,10,13,18H,9,11-12,14-16H2,1-2H3,(H,26,29)(H,27,30). The zero-order chi connectivity index (χ0) is 23.2. The van der Waals surface area contributed by atoms with E-state index in [9.17, 15) is 9.59 Å². The van der Waals surface area contributed by atoms with Crippen LogP contribution in [0.1, 0.15) is 12.5 Å². The van der Waals surface area contributed by atoms with E-state index in [0.29, 0.717) is 36.9 Å². The second-order valence-electron chi connectivity index (χ2n) is 8.27. The zero-order valence-electron chi connectivity index (χ0n) is 18.9. The number of rotatable bonds is 7. The van der Waals surface area contributed by atoms with E-state index in [1.54, 1.807) is 31.6 Å². The Morgan fingerprint density at radius 1 is 1.15 bits per heavy atom. The molecule has 8 heteroatoms. The number of hydrogen-bond donors (Lipinski definition) is 2. The number of carbonyl (C=O) groups excluding carboxylic acids is 2. The Balaban J connectivity index is 1.41. The highest BCUT2D eigenvalue weighted by atomic mass is 16.5. The number of methoxy groups -OCH3 is 1.